The molecule has 30 heavy (non-hydrogen) atoms. The second kappa shape index (κ2) is 7.89. The average Bonchev–Trinajstić information content (AvgIpc) is 3.16. The van der Waals surface area contributed by atoms with Gasteiger partial charge in [-0.15, -0.1) is 0 Å². The Balaban J connectivity index is 1.76. The molecule has 2 aromatic carbocycles. The number of aryl methyl sites for hydroxylation is 1. The zero-order valence-electron chi connectivity index (χ0n) is 17.1. The molecule has 0 radical (unpaired) electrons. The van der Waals surface area contributed by atoms with Crippen molar-refractivity contribution in [1.82, 2.24) is 4.31 Å². The number of methoxy groups -OCH3 is 1. The molecule has 7 heteroatoms. The van der Waals surface area contributed by atoms with E-state index in [0.29, 0.717) is 25.8 Å². The fourth-order valence-electron chi connectivity index (χ4n) is 4.30. The minimum absolute atomic E-state index is 0.0589. The van der Waals surface area contributed by atoms with Crippen LogP contribution in [0.5, 0.6) is 0 Å². The summed E-state index contributed by atoms with van der Waals surface area (Å²) in [6, 6.07) is 16.5. The molecule has 0 N–H and O–H groups in total. The molecule has 4 rings (SSSR count). The molecule has 2 heterocycles. The summed E-state index contributed by atoms with van der Waals surface area (Å²) in [7, 11) is -2.50. The highest BCUT2D eigenvalue weighted by atomic mass is 32.2. The monoisotopic (exact) mass is 427 g/mol. The SMILES string of the molecule is COC(=O)C1=C[C@H](c2ccccc2)C[C@@]2(CCCN2S(=O)(=O)c2ccc(C)cc2)O1. The summed E-state index contributed by atoms with van der Waals surface area (Å²) in [4.78, 5) is 12.6. The minimum Gasteiger partial charge on any atom is -0.464 e. The normalized spacial score (nSPS) is 24.3. The second-order valence-electron chi connectivity index (χ2n) is 7.79. The van der Waals surface area contributed by atoms with Crippen molar-refractivity contribution >= 4 is 16.0 Å². The van der Waals surface area contributed by atoms with Gasteiger partial charge in [0, 0.05) is 25.3 Å². The number of allylic oxidation sites excluding steroid dienone is 1. The Kier molecular flexibility index (Phi) is 5.42. The van der Waals surface area contributed by atoms with Crippen LogP contribution in [0, 0.1) is 6.92 Å². The molecule has 1 saturated heterocycles. The number of benzene rings is 2. The van der Waals surface area contributed by atoms with Crippen LogP contribution in [0.1, 0.15) is 36.3 Å². The second-order valence-corrected chi connectivity index (χ2v) is 9.65. The first-order chi connectivity index (χ1) is 14.4. The summed E-state index contributed by atoms with van der Waals surface area (Å²) in [5, 5.41) is 0. The first-order valence-corrected chi connectivity index (χ1v) is 11.4. The Morgan fingerprint density at radius 1 is 1.13 bits per heavy atom. The van der Waals surface area contributed by atoms with E-state index >= 15 is 0 Å². The number of ether oxygens (including phenoxy) is 2. The molecule has 158 valence electrons. The van der Waals surface area contributed by atoms with Crippen molar-refractivity contribution in [1.29, 1.82) is 0 Å². The van der Waals surface area contributed by atoms with Crippen molar-refractivity contribution in [3.8, 4) is 0 Å². The molecule has 1 spiro atoms. The van der Waals surface area contributed by atoms with Crippen molar-refractivity contribution in [3.63, 3.8) is 0 Å². The predicted octanol–water partition coefficient (Wildman–Crippen LogP) is 3.74. The lowest BCUT2D eigenvalue weighted by Gasteiger charge is -2.42. The minimum atomic E-state index is -3.80. The Morgan fingerprint density at radius 2 is 1.83 bits per heavy atom. The smallest absolute Gasteiger partial charge is 0.373 e. The van der Waals surface area contributed by atoms with E-state index < -0.39 is 21.7 Å². The molecule has 0 unspecified atom stereocenters. The van der Waals surface area contributed by atoms with E-state index in [9.17, 15) is 13.2 Å². The fraction of sp³-hybridized carbons (Fsp3) is 0.348. The predicted molar refractivity (Wildman–Crippen MR) is 112 cm³/mol. The maximum atomic E-state index is 13.5. The molecule has 0 amide bonds. The Morgan fingerprint density at radius 3 is 2.50 bits per heavy atom. The lowest BCUT2D eigenvalue weighted by Crippen LogP contribution is -2.51. The van der Waals surface area contributed by atoms with Crippen LogP contribution < -0.4 is 0 Å². The van der Waals surface area contributed by atoms with Gasteiger partial charge in [-0.2, -0.15) is 4.31 Å². The number of hydrogen-bond acceptors (Lipinski definition) is 5. The highest BCUT2D eigenvalue weighted by Gasteiger charge is 2.53. The van der Waals surface area contributed by atoms with Gasteiger partial charge in [0.05, 0.1) is 12.0 Å². The molecule has 2 aromatic rings. The number of nitrogens with zero attached hydrogens (tertiary/aromatic N) is 1. The zero-order chi connectivity index (χ0) is 21.4. The molecular weight excluding hydrogens is 402 g/mol. The number of esters is 1. The van der Waals surface area contributed by atoms with Crippen LogP contribution in [-0.2, 0) is 24.3 Å². The van der Waals surface area contributed by atoms with E-state index in [2.05, 4.69) is 0 Å². The quantitative estimate of drug-likeness (QED) is 0.695. The van der Waals surface area contributed by atoms with Crippen molar-refractivity contribution in [2.75, 3.05) is 13.7 Å². The van der Waals surface area contributed by atoms with E-state index in [0.717, 1.165) is 11.1 Å². The van der Waals surface area contributed by atoms with Crippen LogP contribution in [0.25, 0.3) is 0 Å². The van der Waals surface area contributed by atoms with E-state index in [-0.39, 0.29) is 16.6 Å². The Hall–Kier alpha value is -2.64. The van der Waals surface area contributed by atoms with Gasteiger partial charge < -0.3 is 9.47 Å². The van der Waals surface area contributed by atoms with E-state index in [1.54, 1.807) is 30.3 Å². The summed E-state index contributed by atoms with van der Waals surface area (Å²) in [5.41, 5.74) is 0.864. The zero-order valence-corrected chi connectivity index (χ0v) is 17.9. The third-order valence-corrected chi connectivity index (χ3v) is 7.76. The molecule has 0 aromatic heterocycles. The van der Waals surface area contributed by atoms with Crippen LogP contribution >= 0.6 is 0 Å². The molecule has 2 aliphatic rings. The summed E-state index contributed by atoms with van der Waals surface area (Å²) in [5.74, 6) is -0.707. The first kappa shape index (κ1) is 20.6. The molecule has 0 saturated carbocycles. The van der Waals surface area contributed by atoms with Gasteiger partial charge in [-0.05, 0) is 37.1 Å². The van der Waals surface area contributed by atoms with Gasteiger partial charge in [0.2, 0.25) is 15.8 Å². The van der Waals surface area contributed by atoms with Crippen molar-refractivity contribution in [2.45, 2.75) is 42.7 Å². The maximum absolute atomic E-state index is 13.5. The molecule has 1 fully saturated rings. The Bertz CT molecular complexity index is 1060. The molecule has 0 aliphatic carbocycles. The molecule has 0 bridgehead atoms. The van der Waals surface area contributed by atoms with Crippen LogP contribution in [0.4, 0.5) is 0 Å². The highest BCUT2D eigenvalue weighted by Crippen LogP contribution is 2.47. The molecule has 2 aliphatic heterocycles. The molecule has 2 atom stereocenters. The lowest BCUT2D eigenvalue weighted by atomic mass is 9.87. The number of hydrogen-bond donors (Lipinski definition) is 0. The van der Waals surface area contributed by atoms with E-state index in [1.807, 2.05) is 37.3 Å². The topological polar surface area (TPSA) is 72.9 Å². The van der Waals surface area contributed by atoms with Gasteiger partial charge in [-0.3, -0.25) is 0 Å². The highest BCUT2D eigenvalue weighted by molar-refractivity contribution is 7.89. The number of rotatable bonds is 4. The standard InChI is InChI=1S/C23H25NO5S/c1-17-9-11-20(12-10-17)30(26,27)24-14-6-13-23(24)16-19(18-7-4-3-5-8-18)15-21(29-23)22(25)28-2/h3-5,7-12,15,19H,6,13-14,16H2,1-2H3/t19-,23+/m0/s1. The summed E-state index contributed by atoms with van der Waals surface area (Å²) in [6.45, 7) is 2.25. The summed E-state index contributed by atoms with van der Waals surface area (Å²) in [6.07, 6.45) is 3.33. The summed E-state index contributed by atoms with van der Waals surface area (Å²) < 4.78 is 39.5. The molecular formula is C23H25NO5S. The van der Waals surface area contributed by atoms with Gasteiger partial charge in [-0.25, -0.2) is 13.2 Å². The van der Waals surface area contributed by atoms with Gasteiger partial charge in [-0.1, -0.05) is 48.0 Å². The third-order valence-electron chi connectivity index (χ3n) is 5.80. The Labute approximate surface area is 177 Å². The number of carbonyl (C=O) groups excluding carboxylic acids is 1. The fourth-order valence-corrected chi connectivity index (χ4v) is 6.05. The number of carbonyl (C=O) groups is 1. The lowest BCUT2D eigenvalue weighted by molar-refractivity contribution is -0.151. The van der Waals surface area contributed by atoms with Crippen LogP contribution in [-0.4, -0.2) is 38.1 Å². The van der Waals surface area contributed by atoms with Gasteiger partial charge >= 0.3 is 5.97 Å². The largest absolute Gasteiger partial charge is 0.464 e. The molecule has 6 nitrogen and oxygen atoms in total. The van der Waals surface area contributed by atoms with Crippen LogP contribution in [0.2, 0.25) is 0 Å². The van der Waals surface area contributed by atoms with Crippen molar-refractivity contribution in [2.24, 2.45) is 0 Å². The third kappa shape index (κ3) is 3.63. The van der Waals surface area contributed by atoms with Gasteiger partial charge in [0.15, 0.2) is 5.72 Å². The van der Waals surface area contributed by atoms with Crippen LogP contribution in [0.3, 0.4) is 0 Å². The van der Waals surface area contributed by atoms with Gasteiger partial charge in [0.25, 0.3) is 0 Å². The van der Waals surface area contributed by atoms with Crippen molar-refractivity contribution < 1.29 is 22.7 Å². The number of sulfonamides is 1. The van der Waals surface area contributed by atoms with Crippen molar-refractivity contribution in [3.05, 3.63) is 77.6 Å². The summed E-state index contributed by atoms with van der Waals surface area (Å²) >= 11 is 0. The maximum Gasteiger partial charge on any atom is 0.373 e. The average molecular weight is 428 g/mol. The first-order valence-electron chi connectivity index (χ1n) is 9.99. The van der Waals surface area contributed by atoms with Crippen LogP contribution in [0.15, 0.2) is 71.3 Å². The van der Waals surface area contributed by atoms with E-state index in [1.165, 1.54) is 11.4 Å². The van der Waals surface area contributed by atoms with E-state index in [4.69, 9.17) is 9.47 Å². The van der Waals surface area contributed by atoms with Gasteiger partial charge in [0.1, 0.15) is 0 Å².